The van der Waals surface area contributed by atoms with E-state index in [1.54, 1.807) is 0 Å². The van der Waals surface area contributed by atoms with Gasteiger partial charge in [0.2, 0.25) is 0 Å². The third kappa shape index (κ3) is 1.85. The molecule has 15 heavy (non-hydrogen) atoms. The molecule has 2 heteroatoms. The van der Waals surface area contributed by atoms with E-state index in [-0.39, 0.29) is 6.04 Å². The summed E-state index contributed by atoms with van der Waals surface area (Å²) in [6.45, 7) is 4.28. The molecule has 0 aliphatic carbocycles. The molecule has 2 N–H and O–H groups in total. The Labute approximate surface area is 90.1 Å². The number of aromatic nitrogens is 1. The summed E-state index contributed by atoms with van der Waals surface area (Å²) in [5.74, 6) is 0.441. The van der Waals surface area contributed by atoms with E-state index in [4.69, 9.17) is 5.73 Å². The van der Waals surface area contributed by atoms with E-state index < -0.39 is 0 Å². The van der Waals surface area contributed by atoms with Crippen LogP contribution < -0.4 is 5.73 Å². The van der Waals surface area contributed by atoms with E-state index in [0.717, 1.165) is 5.52 Å². The van der Waals surface area contributed by atoms with Crippen LogP contribution in [0, 0.1) is 5.92 Å². The first kappa shape index (κ1) is 10.1. The van der Waals surface area contributed by atoms with Crippen LogP contribution in [0.5, 0.6) is 0 Å². The summed E-state index contributed by atoms with van der Waals surface area (Å²) < 4.78 is 0. The highest BCUT2D eigenvalue weighted by Gasteiger charge is 2.13. The number of nitrogens with two attached hydrogens (primary N) is 1. The van der Waals surface area contributed by atoms with Gasteiger partial charge in [-0.05, 0) is 23.6 Å². The minimum absolute atomic E-state index is 0.0814. The molecule has 0 saturated carbocycles. The van der Waals surface area contributed by atoms with Gasteiger partial charge in [-0.15, -0.1) is 0 Å². The average Bonchev–Trinajstić information content (AvgIpc) is 2.27. The maximum Gasteiger partial charge on any atom is 0.0705 e. The second-order valence-electron chi connectivity index (χ2n) is 4.19. The number of nitrogens with zero attached hydrogens (tertiary/aromatic N) is 1. The first-order chi connectivity index (χ1) is 7.20. The van der Waals surface area contributed by atoms with E-state index in [2.05, 4.69) is 24.9 Å². The van der Waals surface area contributed by atoms with Gasteiger partial charge in [-0.3, -0.25) is 4.98 Å². The van der Waals surface area contributed by atoms with Gasteiger partial charge in [0.25, 0.3) is 0 Å². The Bertz CT molecular complexity index is 458. The van der Waals surface area contributed by atoms with Crippen LogP contribution in [0.25, 0.3) is 10.9 Å². The van der Waals surface area contributed by atoms with E-state index in [1.807, 2.05) is 30.5 Å². The topological polar surface area (TPSA) is 38.9 Å². The molecular weight excluding hydrogens is 184 g/mol. The van der Waals surface area contributed by atoms with Crippen LogP contribution in [0.2, 0.25) is 0 Å². The Kier molecular flexibility index (Phi) is 2.69. The van der Waals surface area contributed by atoms with Gasteiger partial charge in [0, 0.05) is 17.6 Å². The molecule has 1 heterocycles. The largest absolute Gasteiger partial charge is 0.324 e. The number of rotatable bonds is 2. The van der Waals surface area contributed by atoms with Crippen LogP contribution in [-0.2, 0) is 0 Å². The van der Waals surface area contributed by atoms with Crippen molar-refractivity contribution in [2.24, 2.45) is 11.7 Å². The third-order valence-corrected chi connectivity index (χ3v) is 2.76. The van der Waals surface area contributed by atoms with Crippen molar-refractivity contribution in [1.82, 2.24) is 4.98 Å². The molecule has 2 nitrogen and oxygen atoms in total. The molecule has 78 valence electrons. The first-order valence-corrected chi connectivity index (χ1v) is 5.29. The third-order valence-electron chi connectivity index (χ3n) is 2.76. The van der Waals surface area contributed by atoms with Crippen LogP contribution >= 0.6 is 0 Å². The van der Waals surface area contributed by atoms with Crippen molar-refractivity contribution in [2.45, 2.75) is 19.9 Å². The molecule has 1 aromatic heterocycles. The summed E-state index contributed by atoms with van der Waals surface area (Å²) in [7, 11) is 0. The molecule has 1 aromatic carbocycles. The average molecular weight is 200 g/mol. The van der Waals surface area contributed by atoms with E-state index in [0.29, 0.717) is 5.92 Å². The second-order valence-corrected chi connectivity index (χ2v) is 4.19. The Balaban J connectivity index is 2.60. The molecule has 0 bridgehead atoms. The van der Waals surface area contributed by atoms with Crippen molar-refractivity contribution in [3.8, 4) is 0 Å². The van der Waals surface area contributed by atoms with Gasteiger partial charge in [0.1, 0.15) is 0 Å². The molecule has 0 aliphatic heterocycles. The van der Waals surface area contributed by atoms with E-state index >= 15 is 0 Å². The van der Waals surface area contributed by atoms with Crippen molar-refractivity contribution in [3.05, 3.63) is 42.1 Å². The molecule has 0 amide bonds. The highest BCUT2D eigenvalue weighted by Crippen LogP contribution is 2.25. The molecule has 0 saturated heterocycles. The quantitative estimate of drug-likeness (QED) is 0.809. The highest BCUT2D eigenvalue weighted by atomic mass is 14.7. The Morgan fingerprint density at radius 2 is 1.87 bits per heavy atom. The standard InChI is InChI=1S/C13H16N2/c1-9(2)13(14)11-7-8-15-12-6-4-3-5-10(11)12/h3-9,13H,14H2,1-2H3. The predicted molar refractivity (Wildman–Crippen MR) is 63.5 cm³/mol. The van der Waals surface area contributed by atoms with Crippen molar-refractivity contribution in [1.29, 1.82) is 0 Å². The Hall–Kier alpha value is -1.41. The smallest absolute Gasteiger partial charge is 0.0705 e. The van der Waals surface area contributed by atoms with Crippen molar-refractivity contribution in [2.75, 3.05) is 0 Å². The lowest BCUT2D eigenvalue weighted by atomic mass is 9.94. The Morgan fingerprint density at radius 1 is 1.13 bits per heavy atom. The van der Waals surface area contributed by atoms with Gasteiger partial charge in [-0.1, -0.05) is 32.0 Å². The van der Waals surface area contributed by atoms with Gasteiger partial charge in [0.15, 0.2) is 0 Å². The summed E-state index contributed by atoms with van der Waals surface area (Å²) in [6, 6.07) is 10.2. The lowest BCUT2D eigenvalue weighted by molar-refractivity contribution is 0.517. The predicted octanol–water partition coefficient (Wildman–Crippen LogP) is 2.89. The van der Waals surface area contributed by atoms with Crippen molar-refractivity contribution < 1.29 is 0 Å². The fourth-order valence-corrected chi connectivity index (χ4v) is 1.77. The normalized spacial score (nSPS) is 13.3. The summed E-state index contributed by atoms with van der Waals surface area (Å²) >= 11 is 0. The zero-order chi connectivity index (χ0) is 10.8. The molecule has 0 spiro atoms. The minimum Gasteiger partial charge on any atom is -0.324 e. The summed E-state index contributed by atoms with van der Waals surface area (Å²) in [5.41, 5.74) is 8.39. The number of pyridine rings is 1. The molecule has 1 unspecified atom stereocenters. The number of benzene rings is 1. The zero-order valence-electron chi connectivity index (χ0n) is 9.14. The maximum absolute atomic E-state index is 6.18. The zero-order valence-corrected chi connectivity index (χ0v) is 9.14. The van der Waals surface area contributed by atoms with E-state index in [1.165, 1.54) is 10.9 Å². The summed E-state index contributed by atoms with van der Waals surface area (Å²) in [4.78, 5) is 4.33. The molecule has 2 aromatic rings. The van der Waals surface area contributed by atoms with Gasteiger partial charge >= 0.3 is 0 Å². The molecule has 0 aliphatic rings. The second kappa shape index (κ2) is 3.99. The molecule has 1 atom stereocenters. The number of fused-ring (bicyclic) bond motifs is 1. The van der Waals surface area contributed by atoms with Crippen LogP contribution in [0.15, 0.2) is 36.5 Å². The fraction of sp³-hybridized carbons (Fsp3) is 0.308. The number of para-hydroxylation sites is 1. The lowest BCUT2D eigenvalue weighted by Gasteiger charge is -2.17. The molecular formula is C13H16N2. The van der Waals surface area contributed by atoms with E-state index in [9.17, 15) is 0 Å². The van der Waals surface area contributed by atoms with Gasteiger partial charge in [-0.2, -0.15) is 0 Å². The highest BCUT2D eigenvalue weighted by molar-refractivity contribution is 5.82. The van der Waals surface area contributed by atoms with Crippen molar-refractivity contribution in [3.63, 3.8) is 0 Å². The van der Waals surface area contributed by atoms with Crippen LogP contribution in [0.1, 0.15) is 25.5 Å². The minimum atomic E-state index is 0.0814. The van der Waals surface area contributed by atoms with Gasteiger partial charge < -0.3 is 5.73 Å². The number of hydrogen-bond donors (Lipinski definition) is 1. The fourth-order valence-electron chi connectivity index (χ4n) is 1.77. The van der Waals surface area contributed by atoms with Gasteiger partial charge in [0.05, 0.1) is 5.52 Å². The van der Waals surface area contributed by atoms with Crippen LogP contribution in [0.4, 0.5) is 0 Å². The SMILES string of the molecule is CC(C)C(N)c1ccnc2ccccc12. The lowest BCUT2D eigenvalue weighted by Crippen LogP contribution is -2.17. The molecule has 2 rings (SSSR count). The van der Waals surface area contributed by atoms with Gasteiger partial charge in [-0.25, -0.2) is 0 Å². The maximum atomic E-state index is 6.18. The van der Waals surface area contributed by atoms with Crippen molar-refractivity contribution >= 4 is 10.9 Å². The monoisotopic (exact) mass is 200 g/mol. The molecule has 0 fully saturated rings. The first-order valence-electron chi connectivity index (χ1n) is 5.29. The summed E-state index contributed by atoms with van der Waals surface area (Å²) in [5, 5.41) is 1.17. The summed E-state index contributed by atoms with van der Waals surface area (Å²) in [6.07, 6.45) is 1.83. The Morgan fingerprint density at radius 3 is 2.60 bits per heavy atom. The van der Waals surface area contributed by atoms with Crippen LogP contribution in [0.3, 0.4) is 0 Å². The molecule has 0 radical (unpaired) electrons. The number of hydrogen-bond acceptors (Lipinski definition) is 2. The van der Waals surface area contributed by atoms with Crippen LogP contribution in [-0.4, -0.2) is 4.98 Å².